The van der Waals surface area contributed by atoms with E-state index in [-0.39, 0.29) is 18.6 Å². The Morgan fingerprint density at radius 1 is 1.18 bits per heavy atom. The van der Waals surface area contributed by atoms with Crippen LogP contribution in [0.2, 0.25) is 0 Å². The molecule has 0 saturated carbocycles. The number of rotatable bonds is 5. The van der Waals surface area contributed by atoms with Crippen LogP contribution < -0.4 is 0 Å². The van der Waals surface area contributed by atoms with Crippen LogP contribution in [0.4, 0.5) is 4.79 Å². The molecule has 0 bridgehead atoms. The molecule has 5 nitrogen and oxygen atoms in total. The molecular weight excluding hydrogens is 282 g/mol. The second kappa shape index (κ2) is 7.29. The summed E-state index contributed by atoms with van der Waals surface area (Å²) in [5.41, 5.74) is 1.31. The molecule has 5 heteroatoms. The summed E-state index contributed by atoms with van der Waals surface area (Å²) in [6.07, 6.45) is 0.360. The molecular formula is C17H25NO4. The van der Waals surface area contributed by atoms with Gasteiger partial charge in [0.2, 0.25) is 0 Å². The van der Waals surface area contributed by atoms with Gasteiger partial charge in [-0.15, -0.1) is 0 Å². The molecule has 0 saturated heterocycles. The second-order valence-electron chi connectivity index (χ2n) is 6.53. The summed E-state index contributed by atoms with van der Waals surface area (Å²) in [6.45, 7) is 7.47. The van der Waals surface area contributed by atoms with E-state index in [1.54, 1.807) is 11.9 Å². The summed E-state index contributed by atoms with van der Waals surface area (Å²) >= 11 is 0. The van der Waals surface area contributed by atoms with Crippen LogP contribution >= 0.6 is 0 Å². The Kier molecular flexibility index (Phi) is 5.97. The van der Waals surface area contributed by atoms with Gasteiger partial charge < -0.3 is 14.7 Å². The van der Waals surface area contributed by atoms with E-state index in [2.05, 4.69) is 0 Å². The van der Waals surface area contributed by atoms with Crippen molar-refractivity contribution < 1.29 is 19.4 Å². The van der Waals surface area contributed by atoms with Gasteiger partial charge in [0.25, 0.3) is 0 Å². The van der Waals surface area contributed by atoms with E-state index >= 15 is 0 Å². The number of carbonyl (C=O) groups excluding carboxylic acids is 1. The van der Waals surface area contributed by atoms with E-state index in [4.69, 9.17) is 9.84 Å². The lowest BCUT2D eigenvalue weighted by atomic mass is 10.0. The van der Waals surface area contributed by atoms with Gasteiger partial charge in [-0.05, 0) is 45.2 Å². The molecule has 0 fully saturated rings. The van der Waals surface area contributed by atoms with Gasteiger partial charge in [0.05, 0.1) is 6.42 Å². The third kappa shape index (κ3) is 6.16. The lowest BCUT2D eigenvalue weighted by molar-refractivity contribution is -0.136. The summed E-state index contributed by atoms with van der Waals surface area (Å²) in [5, 5.41) is 8.75. The van der Waals surface area contributed by atoms with E-state index in [0.717, 1.165) is 11.1 Å². The van der Waals surface area contributed by atoms with Crippen LogP contribution in [0.1, 0.15) is 38.8 Å². The van der Waals surface area contributed by atoms with Crippen LogP contribution in [0.5, 0.6) is 0 Å². The minimum Gasteiger partial charge on any atom is -0.481 e. The Morgan fingerprint density at radius 3 is 2.14 bits per heavy atom. The van der Waals surface area contributed by atoms with Gasteiger partial charge in [-0.25, -0.2) is 4.79 Å². The lowest BCUT2D eigenvalue weighted by Gasteiger charge is -2.28. The minimum absolute atomic E-state index is 0.0137. The van der Waals surface area contributed by atoms with Crippen LogP contribution in [0, 0.1) is 0 Å². The molecule has 1 N–H and O–H groups in total. The predicted octanol–water partition coefficient (Wildman–Crippen LogP) is 3.11. The predicted molar refractivity (Wildman–Crippen MR) is 84.9 cm³/mol. The number of amides is 1. The highest BCUT2D eigenvalue weighted by molar-refractivity contribution is 5.70. The van der Waals surface area contributed by atoms with Crippen LogP contribution in [0.15, 0.2) is 24.3 Å². The van der Waals surface area contributed by atoms with Crippen LogP contribution in [0.25, 0.3) is 0 Å². The first-order chi connectivity index (χ1) is 10.1. The topological polar surface area (TPSA) is 66.8 Å². The molecule has 1 aromatic rings. The van der Waals surface area contributed by atoms with Crippen molar-refractivity contribution >= 4 is 12.1 Å². The first-order valence-corrected chi connectivity index (χ1v) is 7.34. The molecule has 1 atom stereocenters. The number of carboxylic acid groups (broad SMARTS) is 1. The number of ether oxygens (including phenoxy) is 1. The number of benzene rings is 1. The molecule has 1 rings (SSSR count). The Hall–Kier alpha value is -2.04. The molecule has 122 valence electrons. The standard InChI is InChI=1S/C17H25NO4/c1-12(18(5)16(21)22-17(2,3)4)10-13-6-8-14(9-7-13)11-15(19)20/h6-9,12H,10-11H2,1-5H3,(H,19,20). The quantitative estimate of drug-likeness (QED) is 0.907. The maximum atomic E-state index is 12.0. The fourth-order valence-corrected chi connectivity index (χ4v) is 1.96. The molecule has 1 aromatic carbocycles. The van der Waals surface area contributed by atoms with Crippen molar-refractivity contribution in [1.29, 1.82) is 0 Å². The molecule has 0 aromatic heterocycles. The van der Waals surface area contributed by atoms with Gasteiger partial charge in [0.1, 0.15) is 5.60 Å². The highest BCUT2D eigenvalue weighted by Gasteiger charge is 2.22. The summed E-state index contributed by atoms with van der Waals surface area (Å²) in [5.74, 6) is -0.842. The molecule has 0 aliphatic rings. The van der Waals surface area contributed by atoms with Gasteiger partial charge in [-0.3, -0.25) is 4.79 Å². The summed E-state index contributed by atoms with van der Waals surface area (Å²) < 4.78 is 5.34. The molecule has 0 radical (unpaired) electrons. The number of hydrogen-bond donors (Lipinski definition) is 1. The smallest absolute Gasteiger partial charge is 0.410 e. The zero-order valence-electron chi connectivity index (χ0n) is 13.9. The van der Waals surface area contributed by atoms with E-state index < -0.39 is 11.6 Å². The van der Waals surface area contributed by atoms with Gasteiger partial charge in [-0.2, -0.15) is 0 Å². The molecule has 1 amide bonds. The molecule has 0 aliphatic heterocycles. The first-order valence-electron chi connectivity index (χ1n) is 7.34. The van der Waals surface area contributed by atoms with Crippen molar-refractivity contribution in [3.05, 3.63) is 35.4 Å². The van der Waals surface area contributed by atoms with Crippen molar-refractivity contribution in [3.63, 3.8) is 0 Å². The average Bonchev–Trinajstić information content (AvgIpc) is 2.37. The Morgan fingerprint density at radius 2 is 1.68 bits per heavy atom. The molecule has 1 unspecified atom stereocenters. The maximum absolute atomic E-state index is 12.0. The number of carboxylic acids is 1. The first kappa shape index (κ1) is 18.0. The number of likely N-dealkylation sites (N-methyl/N-ethyl adjacent to an activating group) is 1. The zero-order valence-corrected chi connectivity index (χ0v) is 13.9. The fraction of sp³-hybridized carbons (Fsp3) is 0.529. The van der Waals surface area contributed by atoms with Gasteiger partial charge in [0, 0.05) is 13.1 Å². The second-order valence-corrected chi connectivity index (χ2v) is 6.53. The number of carbonyl (C=O) groups is 2. The van der Waals surface area contributed by atoms with Crippen molar-refractivity contribution in [3.8, 4) is 0 Å². The van der Waals surface area contributed by atoms with Gasteiger partial charge in [0.15, 0.2) is 0 Å². The highest BCUT2D eigenvalue weighted by atomic mass is 16.6. The largest absolute Gasteiger partial charge is 0.481 e. The van der Waals surface area contributed by atoms with Crippen molar-refractivity contribution in [2.45, 2.75) is 52.2 Å². The Labute approximate surface area is 131 Å². The number of aliphatic carboxylic acids is 1. The van der Waals surface area contributed by atoms with E-state index in [1.165, 1.54) is 0 Å². The summed E-state index contributed by atoms with van der Waals surface area (Å²) in [7, 11) is 1.72. The van der Waals surface area contributed by atoms with E-state index in [1.807, 2.05) is 52.0 Å². The summed E-state index contributed by atoms with van der Waals surface area (Å²) in [4.78, 5) is 24.2. The zero-order chi connectivity index (χ0) is 16.9. The van der Waals surface area contributed by atoms with Crippen LogP contribution in [0.3, 0.4) is 0 Å². The van der Waals surface area contributed by atoms with Crippen molar-refractivity contribution in [2.24, 2.45) is 0 Å². The third-order valence-electron chi connectivity index (χ3n) is 3.25. The average molecular weight is 307 g/mol. The van der Waals surface area contributed by atoms with Crippen molar-refractivity contribution in [1.82, 2.24) is 4.90 Å². The molecule has 22 heavy (non-hydrogen) atoms. The van der Waals surface area contributed by atoms with Crippen LogP contribution in [-0.2, 0) is 22.4 Å². The minimum atomic E-state index is -0.842. The van der Waals surface area contributed by atoms with Gasteiger partial charge in [-0.1, -0.05) is 24.3 Å². The molecule has 0 heterocycles. The maximum Gasteiger partial charge on any atom is 0.410 e. The highest BCUT2D eigenvalue weighted by Crippen LogP contribution is 2.14. The summed E-state index contributed by atoms with van der Waals surface area (Å²) in [6, 6.07) is 7.41. The third-order valence-corrected chi connectivity index (χ3v) is 3.25. The fourth-order valence-electron chi connectivity index (χ4n) is 1.96. The van der Waals surface area contributed by atoms with E-state index in [9.17, 15) is 9.59 Å². The van der Waals surface area contributed by atoms with Crippen LogP contribution in [-0.4, -0.2) is 40.8 Å². The Balaban J connectivity index is 2.62. The van der Waals surface area contributed by atoms with E-state index in [0.29, 0.717) is 6.42 Å². The molecule has 0 spiro atoms. The number of hydrogen-bond acceptors (Lipinski definition) is 3. The molecule has 0 aliphatic carbocycles. The normalized spacial score (nSPS) is 12.6. The Bertz CT molecular complexity index is 516. The van der Waals surface area contributed by atoms with Crippen molar-refractivity contribution in [2.75, 3.05) is 7.05 Å². The van der Waals surface area contributed by atoms with Gasteiger partial charge >= 0.3 is 12.1 Å². The monoisotopic (exact) mass is 307 g/mol. The number of nitrogens with zero attached hydrogens (tertiary/aromatic N) is 1. The lowest BCUT2D eigenvalue weighted by Crippen LogP contribution is -2.40. The SMILES string of the molecule is CC(Cc1ccc(CC(=O)O)cc1)N(C)C(=O)OC(C)(C)C.